The highest BCUT2D eigenvalue weighted by Crippen LogP contribution is 2.21. The first-order chi connectivity index (χ1) is 8.08. The van der Waals surface area contributed by atoms with Crippen molar-refractivity contribution in [1.82, 2.24) is 20.2 Å². The molecule has 0 aliphatic heterocycles. The van der Waals surface area contributed by atoms with Gasteiger partial charge in [0.05, 0.1) is 10.6 Å². The molecule has 0 atom stereocenters. The Kier molecular flexibility index (Phi) is 3.26. The van der Waals surface area contributed by atoms with Gasteiger partial charge in [0.25, 0.3) is 5.91 Å². The molecule has 0 bridgehead atoms. The molecule has 17 heavy (non-hydrogen) atoms. The van der Waals surface area contributed by atoms with Crippen LogP contribution < -0.4 is 5.32 Å². The predicted molar refractivity (Wildman–Crippen MR) is 63.2 cm³/mol. The first-order valence-corrected chi connectivity index (χ1v) is 5.32. The van der Waals surface area contributed by atoms with Crippen LogP contribution in [0.3, 0.4) is 0 Å². The zero-order valence-electron chi connectivity index (χ0n) is 8.69. The normalized spacial score (nSPS) is 10.3. The Hall–Kier alpha value is -1.66. The predicted octanol–water partition coefficient (Wildman–Crippen LogP) is 1.77. The average Bonchev–Trinajstić information content (AvgIpc) is 2.64. The van der Waals surface area contributed by atoms with Crippen molar-refractivity contribution in [2.24, 2.45) is 7.05 Å². The van der Waals surface area contributed by atoms with Gasteiger partial charge < -0.3 is 0 Å². The summed E-state index contributed by atoms with van der Waals surface area (Å²) in [5.74, 6) is -0.161. The summed E-state index contributed by atoms with van der Waals surface area (Å²) in [4.78, 5) is 11.8. The number of benzene rings is 1. The number of rotatable bonds is 2. The second-order valence-electron chi connectivity index (χ2n) is 3.20. The van der Waals surface area contributed by atoms with Crippen LogP contribution in [0.2, 0.25) is 10.0 Å². The van der Waals surface area contributed by atoms with Gasteiger partial charge in [0.2, 0.25) is 5.95 Å². The Morgan fingerprint density at radius 3 is 2.76 bits per heavy atom. The smallest absolute Gasteiger partial charge is 0.259 e. The molecular weight excluding hydrogens is 265 g/mol. The Bertz CT molecular complexity index is 568. The van der Waals surface area contributed by atoms with Crippen molar-refractivity contribution < 1.29 is 4.79 Å². The summed E-state index contributed by atoms with van der Waals surface area (Å²) in [6.07, 6.45) is 0. The SMILES string of the molecule is Cn1nnnc1NC(=O)c1ccc(Cl)cc1Cl. The molecule has 0 fully saturated rings. The van der Waals surface area contributed by atoms with Crippen LogP contribution >= 0.6 is 23.2 Å². The summed E-state index contributed by atoms with van der Waals surface area (Å²) < 4.78 is 1.34. The van der Waals surface area contributed by atoms with E-state index in [1.807, 2.05) is 0 Å². The number of hydrogen-bond donors (Lipinski definition) is 1. The van der Waals surface area contributed by atoms with Crippen molar-refractivity contribution >= 4 is 35.1 Å². The van der Waals surface area contributed by atoms with Crippen molar-refractivity contribution in [3.63, 3.8) is 0 Å². The molecule has 0 unspecified atom stereocenters. The van der Waals surface area contributed by atoms with Gasteiger partial charge in [-0.1, -0.05) is 28.3 Å². The summed E-state index contributed by atoms with van der Waals surface area (Å²) in [6.45, 7) is 0. The minimum atomic E-state index is -0.399. The highest BCUT2D eigenvalue weighted by atomic mass is 35.5. The second kappa shape index (κ2) is 4.68. The van der Waals surface area contributed by atoms with Gasteiger partial charge in [-0.05, 0) is 28.6 Å². The fraction of sp³-hybridized carbons (Fsp3) is 0.111. The van der Waals surface area contributed by atoms with E-state index in [0.29, 0.717) is 10.6 Å². The number of nitrogens with zero attached hydrogens (tertiary/aromatic N) is 4. The molecule has 0 saturated heterocycles. The van der Waals surface area contributed by atoms with Crippen LogP contribution in [0, 0.1) is 0 Å². The largest absolute Gasteiger partial charge is 0.289 e. The quantitative estimate of drug-likeness (QED) is 0.904. The standard InChI is InChI=1S/C9H7Cl2N5O/c1-16-9(13-14-15-16)12-8(17)6-3-2-5(10)4-7(6)11/h2-4H,1H3,(H,12,13,15,17). The Balaban J connectivity index is 2.23. The van der Waals surface area contributed by atoms with Crippen molar-refractivity contribution in [3.8, 4) is 0 Å². The van der Waals surface area contributed by atoms with E-state index in [4.69, 9.17) is 23.2 Å². The molecule has 0 aliphatic rings. The molecule has 1 aromatic heterocycles. The molecular formula is C9H7Cl2N5O. The highest BCUT2D eigenvalue weighted by molar-refractivity contribution is 6.37. The molecule has 0 spiro atoms. The summed E-state index contributed by atoms with van der Waals surface area (Å²) in [5.41, 5.74) is 0.305. The van der Waals surface area contributed by atoms with E-state index in [0.717, 1.165) is 0 Å². The fourth-order valence-electron chi connectivity index (χ4n) is 1.18. The average molecular weight is 272 g/mol. The molecule has 2 rings (SSSR count). The van der Waals surface area contributed by atoms with Crippen molar-refractivity contribution in [1.29, 1.82) is 0 Å². The molecule has 0 aliphatic carbocycles. The van der Waals surface area contributed by atoms with Crippen LogP contribution in [0.25, 0.3) is 0 Å². The Labute approximate surface area is 107 Å². The zero-order chi connectivity index (χ0) is 12.4. The molecule has 6 nitrogen and oxygen atoms in total. The third-order valence-electron chi connectivity index (χ3n) is 2.02. The number of aryl methyl sites for hydroxylation is 1. The van der Waals surface area contributed by atoms with E-state index >= 15 is 0 Å². The molecule has 8 heteroatoms. The molecule has 1 amide bonds. The lowest BCUT2D eigenvalue weighted by Gasteiger charge is -2.04. The first kappa shape index (κ1) is 11.8. The van der Waals surface area contributed by atoms with Gasteiger partial charge in [-0.25, -0.2) is 4.68 Å². The van der Waals surface area contributed by atoms with Crippen molar-refractivity contribution in [2.75, 3.05) is 5.32 Å². The van der Waals surface area contributed by atoms with Crippen molar-refractivity contribution in [2.45, 2.75) is 0 Å². The number of hydrogen-bond acceptors (Lipinski definition) is 4. The summed E-state index contributed by atoms with van der Waals surface area (Å²) in [7, 11) is 1.61. The Morgan fingerprint density at radius 2 is 2.18 bits per heavy atom. The first-order valence-electron chi connectivity index (χ1n) is 4.56. The summed E-state index contributed by atoms with van der Waals surface area (Å²) >= 11 is 11.6. The van der Waals surface area contributed by atoms with Gasteiger partial charge in [0, 0.05) is 12.1 Å². The topological polar surface area (TPSA) is 72.7 Å². The molecule has 2 aromatic rings. The van der Waals surface area contributed by atoms with Crippen LogP contribution in [0.4, 0.5) is 5.95 Å². The maximum absolute atomic E-state index is 11.8. The molecule has 1 aromatic carbocycles. The van der Waals surface area contributed by atoms with Gasteiger partial charge in [-0.15, -0.1) is 0 Å². The van der Waals surface area contributed by atoms with E-state index in [1.165, 1.54) is 16.8 Å². The van der Waals surface area contributed by atoms with E-state index in [1.54, 1.807) is 13.1 Å². The molecule has 88 valence electrons. The van der Waals surface area contributed by atoms with Crippen LogP contribution in [0.1, 0.15) is 10.4 Å². The number of aromatic nitrogens is 4. The van der Waals surface area contributed by atoms with Gasteiger partial charge in [0.15, 0.2) is 0 Å². The third-order valence-corrected chi connectivity index (χ3v) is 2.57. The Morgan fingerprint density at radius 1 is 1.41 bits per heavy atom. The minimum Gasteiger partial charge on any atom is -0.289 e. The van der Waals surface area contributed by atoms with Crippen LogP contribution in [-0.4, -0.2) is 26.1 Å². The number of nitrogens with one attached hydrogen (secondary N) is 1. The lowest BCUT2D eigenvalue weighted by molar-refractivity contribution is 0.102. The maximum Gasteiger partial charge on any atom is 0.259 e. The van der Waals surface area contributed by atoms with Gasteiger partial charge in [0.1, 0.15) is 0 Å². The lowest BCUT2D eigenvalue weighted by Crippen LogP contribution is -2.15. The minimum absolute atomic E-state index is 0.237. The van der Waals surface area contributed by atoms with E-state index in [9.17, 15) is 4.79 Å². The van der Waals surface area contributed by atoms with Crippen LogP contribution in [0.5, 0.6) is 0 Å². The fourth-order valence-corrected chi connectivity index (χ4v) is 1.67. The second-order valence-corrected chi connectivity index (χ2v) is 4.05. The number of anilines is 1. The maximum atomic E-state index is 11.8. The third kappa shape index (κ3) is 2.54. The van der Waals surface area contributed by atoms with Gasteiger partial charge >= 0.3 is 0 Å². The molecule has 0 radical (unpaired) electrons. The highest BCUT2D eigenvalue weighted by Gasteiger charge is 2.13. The molecule has 1 heterocycles. The number of amides is 1. The van der Waals surface area contributed by atoms with E-state index < -0.39 is 5.91 Å². The number of carbonyl (C=O) groups is 1. The number of carbonyl (C=O) groups excluding carboxylic acids is 1. The number of tetrazole rings is 1. The molecule has 0 saturated carbocycles. The zero-order valence-corrected chi connectivity index (χ0v) is 10.2. The van der Waals surface area contributed by atoms with Crippen LogP contribution in [-0.2, 0) is 7.05 Å². The summed E-state index contributed by atoms with van der Waals surface area (Å²) in [5, 5.41) is 13.9. The van der Waals surface area contributed by atoms with Gasteiger partial charge in [-0.2, -0.15) is 0 Å². The van der Waals surface area contributed by atoms with Crippen LogP contribution in [0.15, 0.2) is 18.2 Å². The van der Waals surface area contributed by atoms with Crippen molar-refractivity contribution in [3.05, 3.63) is 33.8 Å². The van der Waals surface area contributed by atoms with E-state index in [2.05, 4.69) is 20.8 Å². The van der Waals surface area contributed by atoms with Gasteiger partial charge in [-0.3, -0.25) is 10.1 Å². The number of halogens is 2. The van der Waals surface area contributed by atoms with E-state index in [-0.39, 0.29) is 11.0 Å². The monoisotopic (exact) mass is 271 g/mol. The summed E-state index contributed by atoms with van der Waals surface area (Å²) in [6, 6.07) is 4.61. The lowest BCUT2D eigenvalue weighted by atomic mass is 10.2. The molecule has 1 N–H and O–H groups in total.